The molecule has 0 fully saturated rings. The van der Waals surface area contributed by atoms with Crippen molar-refractivity contribution in [3.05, 3.63) is 59.1 Å². The van der Waals surface area contributed by atoms with Gasteiger partial charge in [0.15, 0.2) is 6.61 Å². The summed E-state index contributed by atoms with van der Waals surface area (Å²) in [7, 11) is 0. The molecule has 0 aliphatic heterocycles. The highest BCUT2D eigenvalue weighted by atomic mass is 35.5. The fraction of sp³-hybridized carbons (Fsp3) is 0.176. The third-order valence-electron chi connectivity index (χ3n) is 2.95. The average Bonchev–Trinajstić information content (AvgIpc) is 2.53. The number of rotatable bonds is 6. The van der Waals surface area contributed by atoms with Gasteiger partial charge in [0.25, 0.3) is 5.91 Å². The van der Waals surface area contributed by atoms with Crippen LogP contribution in [0.2, 0.25) is 5.02 Å². The molecule has 0 heterocycles. The first-order chi connectivity index (χ1) is 11.0. The van der Waals surface area contributed by atoms with Crippen LogP contribution in [0, 0.1) is 0 Å². The number of amides is 2. The maximum atomic E-state index is 11.7. The van der Waals surface area contributed by atoms with Crippen molar-refractivity contribution in [2.75, 3.05) is 11.9 Å². The average molecular weight is 333 g/mol. The number of benzene rings is 2. The van der Waals surface area contributed by atoms with Gasteiger partial charge in [0, 0.05) is 24.2 Å². The van der Waals surface area contributed by atoms with Gasteiger partial charge < -0.3 is 15.4 Å². The second-order valence-corrected chi connectivity index (χ2v) is 5.33. The zero-order chi connectivity index (χ0) is 16.7. The first-order valence-corrected chi connectivity index (χ1v) is 7.42. The predicted octanol–water partition coefficient (Wildman–Crippen LogP) is 2.99. The summed E-state index contributed by atoms with van der Waals surface area (Å²) in [6.45, 7) is 1.78. The summed E-state index contributed by atoms with van der Waals surface area (Å²) in [5.74, 6) is 0.201. The lowest BCUT2D eigenvalue weighted by atomic mass is 10.2. The van der Waals surface area contributed by atoms with Gasteiger partial charge in [-0.2, -0.15) is 0 Å². The molecule has 5 nitrogen and oxygen atoms in total. The first kappa shape index (κ1) is 16.8. The van der Waals surface area contributed by atoms with E-state index in [9.17, 15) is 9.59 Å². The maximum Gasteiger partial charge on any atom is 0.258 e. The van der Waals surface area contributed by atoms with E-state index in [2.05, 4.69) is 10.6 Å². The van der Waals surface area contributed by atoms with Crippen LogP contribution in [-0.4, -0.2) is 18.4 Å². The lowest BCUT2D eigenvalue weighted by molar-refractivity contribution is -0.123. The second-order valence-electron chi connectivity index (χ2n) is 4.90. The minimum atomic E-state index is -0.217. The largest absolute Gasteiger partial charge is 0.484 e. The van der Waals surface area contributed by atoms with Crippen LogP contribution in [0.15, 0.2) is 48.5 Å². The van der Waals surface area contributed by atoms with E-state index in [0.29, 0.717) is 23.0 Å². The third kappa shape index (κ3) is 6.00. The smallest absolute Gasteiger partial charge is 0.258 e. The molecule has 0 bridgehead atoms. The van der Waals surface area contributed by atoms with Crippen LogP contribution >= 0.6 is 11.6 Å². The van der Waals surface area contributed by atoms with Crippen LogP contribution in [0.5, 0.6) is 5.75 Å². The number of nitrogens with one attached hydrogen (secondary N) is 2. The Hall–Kier alpha value is -2.53. The van der Waals surface area contributed by atoms with E-state index in [4.69, 9.17) is 16.3 Å². The highest BCUT2D eigenvalue weighted by molar-refractivity contribution is 6.30. The SMILES string of the molecule is CC(=O)Nc1ccc(OCC(=O)NCc2ccc(Cl)cc2)cc1. The summed E-state index contributed by atoms with van der Waals surface area (Å²) >= 11 is 5.80. The molecule has 0 aliphatic carbocycles. The van der Waals surface area contributed by atoms with Gasteiger partial charge in [0.1, 0.15) is 5.75 Å². The van der Waals surface area contributed by atoms with E-state index >= 15 is 0 Å². The van der Waals surface area contributed by atoms with Crippen molar-refractivity contribution in [3.8, 4) is 5.75 Å². The van der Waals surface area contributed by atoms with Crippen LogP contribution in [0.1, 0.15) is 12.5 Å². The van der Waals surface area contributed by atoms with Gasteiger partial charge in [-0.1, -0.05) is 23.7 Å². The van der Waals surface area contributed by atoms with E-state index in [1.807, 2.05) is 12.1 Å². The maximum absolute atomic E-state index is 11.7. The molecule has 0 aliphatic rings. The van der Waals surface area contributed by atoms with Gasteiger partial charge in [0.2, 0.25) is 5.91 Å². The van der Waals surface area contributed by atoms with Gasteiger partial charge >= 0.3 is 0 Å². The molecule has 23 heavy (non-hydrogen) atoms. The Morgan fingerprint density at radius 3 is 2.30 bits per heavy atom. The van der Waals surface area contributed by atoms with Crippen LogP contribution in [0.3, 0.4) is 0 Å². The Bertz CT molecular complexity index is 669. The zero-order valence-electron chi connectivity index (χ0n) is 12.6. The highest BCUT2D eigenvalue weighted by Gasteiger charge is 2.03. The third-order valence-corrected chi connectivity index (χ3v) is 3.20. The van der Waals surface area contributed by atoms with Crippen LogP contribution in [0.25, 0.3) is 0 Å². The minimum absolute atomic E-state index is 0.0763. The molecular formula is C17H17ClN2O3. The molecule has 0 saturated carbocycles. The van der Waals surface area contributed by atoms with Crippen LogP contribution < -0.4 is 15.4 Å². The van der Waals surface area contributed by atoms with Gasteiger partial charge in [-0.3, -0.25) is 9.59 Å². The number of carbonyl (C=O) groups excluding carboxylic acids is 2. The molecule has 120 valence electrons. The molecule has 2 N–H and O–H groups in total. The van der Waals surface area contributed by atoms with Crippen molar-refractivity contribution in [1.29, 1.82) is 0 Å². The summed E-state index contributed by atoms with van der Waals surface area (Å²) in [5, 5.41) is 6.08. The molecule has 0 saturated heterocycles. The second kappa shape index (κ2) is 8.19. The molecule has 2 amide bonds. The Kier molecular flexibility index (Phi) is 6.00. The number of anilines is 1. The van der Waals surface area contributed by atoms with E-state index in [1.54, 1.807) is 36.4 Å². The van der Waals surface area contributed by atoms with Crippen molar-refractivity contribution < 1.29 is 14.3 Å². The normalized spacial score (nSPS) is 10.0. The van der Waals surface area contributed by atoms with Crippen molar-refractivity contribution >= 4 is 29.1 Å². The molecular weight excluding hydrogens is 316 g/mol. The fourth-order valence-corrected chi connectivity index (χ4v) is 1.97. The number of hydrogen-bond acceptors (Lipinski definition) is 3. The van der Waals surface area contributed by atoms with Crippen LogP contribution in [-0.2, 0) is 16.1 Å². The Labute approximate surface area is 139 Å². The van der Waals surface area contributed by atoms with Crippen molar-refractivity contribution in [2.24, 2.45) is 0 Å². The standard InChI is InChI=1S/C17H17ClN2O3/c1-12(21)20-15-6-8-16(9-7-15)23-11-17(22)19-10-13-2-4-14(18)5-3-13/h2-9H,10-11H2,1H3,(H,19,22)(H,20,21). The fourth-order valence-electron chi connectivity index (χ4n) is 1.84. The quantitative estimate of drug-likeness (QED) is 0.854. The molecule has 2 aromatic carbocycles. The molecule has 0 spiro atoms. The summed E-state index contributed by atoms with van der Waals surface area (Å²) < 4.78 is 5.39. The van der Waals surface area contributed by atoms with E-state index < -0.39 is 0 Å². The number of ether oxygens (including phenoxy) is 1. The summed E-state index contributed by atoms with van der Waals surface area (Å²) in [6.07, 6.45) is 0. The van der Waals surface area contributed by atoms with E-state index in [-0.39, 0.29) is 18.4 Å². The number of hydrogen-bond donors (Lipinski definition) is 2. The van der Waals surface area contributed by atoms with Gasteiger partial charge in [-0.05, 0) is 42.0 Å². The minimum Gasteiger partial charge on any atom is -0.484 e. The summed E-state index contributed by atoms with van der Waals surface area (Å²) in [5.41, 5.74) is 1.64. The van der Waals surface area contributed by atoms with Crippen molar-refractivity contribution in [3.63, 3.8) is 0 Å². The lowest BCUT2D eigenvalue weighted by Crippen LogP contribution is -2.28. The van der Waals surface area contributed by atoms with Gasteiger partial charge in [-0.25, -0.2) is 0 Å². The van der Waals surface area contributed by atoms with Gasteiger partial charge in [-0.15, -0.1) is 0 Å². The summed E-state index contributed by atoms with van der Waals surface area (Å²) in [6, 6.07) is 14.1. The molecule has 0 radical (unpaired) electrons. The zero-order valence-corrected chi connectivity index (χ0v) is 13.4. The van der Waals surface area contributed by atoms with Gasteiger partial charge in [0.05, 0.1) is 0 Å². The lowest BCUT2D eigenvalue weighted by Gasteiger charge is -2.08. The van der Waals surface area contributed by atoms with Crippen LogP contribution in [0.4, 0.5) is 5.69 Å². The molecule has 0 unspecified atom stereocenters. The Morgan fingerprint density at radius 2 is 1.70 bits per heavy atom. The highest BCUT2D eigenvalue weighted by Crippen LogP contribution is 2.15. The monoisotopic (exact) mass is 332 g/mol. The first-order valence-electron chi connectivity index (χ1n) is 7.04. The Balaban J connectivity index is 1.75. The van der Waals surface area contributed by atoms with Crippen molar-refractivity contribution in [2.45, 2.75) is 13.5 Å². The molecule has 0 atom stereocenters. The molecule has 2 aromatic rings. The molecule has 6 heteroatoms. The number of halogens is 1. The molecule has 2 rings (SSSR count). The Morgan fingerprint density at radius 1 is 1.04 bits per heavy atom. The topological polar surface area (TPSA) is 67.4 Å². The molecule has 0 aromatic heterocycles. The van der Waals surface area contributed by atoms with Crippen molar-refractivity contribution in [1.82, 2.24) is 5.32 Å². The number of carbonyl (C=O) groups is 2. The predicted molar refractivity (Wildman–Crippen MR) is 89.5 cm³/mol. The summed E-state index contributed by atoms with van der Waals surface area (Å²) in [4.78, 5) is 22.7. The van der Waals surface area contributed by atoms with E-state index in [1.165, 1.54) is 6.92 Å². The van der Waals surface area contributed by atoms with E-state index in [0.717, 1.165) is 5.56 Å².